The van der Waals surface area contributed by atoms with E-state index in [0.717, 1.165) is 0 Å². The molecule has 1 aliphatic heterocycles. The van der Waals surface area contributed by atoms with Crippen LogP contribution in [0.4, 0.5) is 5.69 Å². The van der Waals surface area contributed by atoms with Crippen molar-refractivity contribution < 1.29 is 9.59 Å². The molecule has 0 bridgehead atoms. The van der Waals surface area contributed by atoms with Gasteiger partial charge in [0.15, 0.2) is 5.17 Å². The summed E-state index contributed by atoms with van der Waals surface area (Å²) in [5, 5.41) is 3.62. The molecule has 2 amide bonds. The summed E-state index contributed by atoms with van der Waals surface area (Å²) in [6.45, 7) is 6.34. The van der Waals surface area contributed by atoms with E-state index in [1.807, 2.05) is 6.92 Å². The van der Waals surface area contributed by atoms with Crippen LogP contribution in [-0.2, 0) is 9.59 Å². The van der Waals surface area contributed by atoms with Crippen molar-refractivity contribution in [2.75, 3.05) is 13.1 Å². The van der Waals surface area contributed by atoms with Gasteiger partial charge in [-0.3, -0.25) is 14.5 Å². The monoisotopic (exact) mass is 385 g/mol. The first-order valence-electron chi connectivity index (χ1n) is 7.35. The fourth-order valence-electron chi connectivity index (χ4n) is 2.13. The Morgan fingerprint density at radius 1 is 1.50 bits per heavy atom. The van der Waals surface area contributed by atoms with Crippen LogP contribution in [0.1, 0.15) is 13.3 Å². The van der Waals surface area contributed by atoms with Crippen LogP contribution < -0.4 is 5.32 Å². The van der Waals surface area contributed by atoms with Gasteiger partial charge in [0, 0.05) is 24.5 Å². The second-order valence-electron chi connectivity index (χ2n) is 4.99. The molecule has 1 aromatic rings. The Kier molecular flexibility index (Phi) is 6.71. The summed E-state index contributed by atoms with van der Waals surface area (Å²) < 4.78 is 0. The summed E-state index contributed by atoms with van der Waals surface area (Å²) in [6, 6.07) is 4.94. The number of benzene rings is 1. The standard InChI is InChI=1S/C16H17Cl2N3O2S/c1-3-7-21-15(23)13(9-14(22)19-4-2)24-16(21)20-12-8-10(17)5-6-11(12)18/h3,5-6,8,13H,1,4,7,9H2,2H3,(H,19,22)/t13-/m1/s1. The second kappa shape index (κ2) is 8.55. The maximum Gasteiger partial charge on any atom is 0.242 e. The fourth-order valence-corrected chi connectivity index (χ4v) is 3.62. The highest BCUT2D eigenvalue weighted by Crippen LogP contribution is 2.34. The number of aliphatic imine (C=N–C) groups is 1. The number of amides is 2. The zero-order valence-corrected chi connectivity index (χ0v) is 15.4. The predicted molar refractivity (Wildman–Crippen MR) is 100 cm³/mol. The average Bonchev–Trinajstić information content (AvgIpc) is 2.80. The smallest absolute Gasteiger partial charge is 0.242 e. The maximum absolute atomic E-state index is 12.5. The molecule has 1 heterocycles. The van der Waals surface area contributed by atoms with E-state index >= 15 is 0 Å². The molecule has 0 radical (unpaired) electrons. The van der Waals surface area contributed by atoms with E-state index in [4.69, 9.17) is 23.2 Å². The molecule has 0 saturated carbocycles. The Labute approximate surface area is 155 Å². The van der Waals surface area contributed by atoms with Gasteiger partial charge in [-0.25, -0.2) is 4.99 Å². The normalized spacial score (nSPS) is 19.0. The SMILES string of the molecule is C=CCN1C(=O)[C@@H](CC(=O)NCC)SC1=Nc1cc(Cl)ccc1Cl. The molecule has 1 atom stereocenters. The van der Waals surface area contributed by atoms with E-state index in [1.165, 1.54) is 16.7 Å². The Hall–Kier alpha value is -1.50. The van der Waals surface area contributed by atoms with Gasteiger partial charge >= 0.3 is 0 Å². The number of rotatable bonds is 6. The molecule has 1 saturated heterocycles. The van der Waals surface area contributed by atoms with Gasteiger partial charge in [0.25, 0.3) is 0 Å². The number of thioether (sulfide) groups is 1. The minimum atomic E-state index is -0.506. The van der Waals surface area contributed by atoms with E-state index in [0.29, 0.717) is 34.0 Å². The predicted octanol–water partition coefficient (Wildman–Crippen LogP) is 3.64. The molecule has 0 unspecified atom stereocenters. The van der Waals surface area contributed by atoms with Gasteiger partial charge in [0.05, 0.1) is 10.7 Å². The van der Waals surface area contributed by atoms with E-state index < -0.39 is 5.25 Å². The highest BCUT2D eigenvalue weighted by Gasteiger charge is 2.38. The Bertz CT molecular complexity index is 694. The first-order chi connectivity index (χ1) is 11.5. The quantitative estimate of drug-likeness (QED) is 0.760. The van der Waals surface area contributed by atoms with Gasteiger partial charge in [-0.1, -0.05) is 41.0 Å². The Morgan fingerprint density at radius 3 is 2.92 bits per heavy atom. The minimum Gasteiger partial charge on any atom is -0.356 e. The Balaban J connectivity index is 2.28. The second-order valence-corrected chi connectivity index (χ2v) is 7.01. The molecule has 1 aromatic carbocycles. The van der Waals surface area contributed by atoms with Crippen LogP contribution in [0.3, 0.4) is 0 Å². The van der Waals surface area contributed by atoms with Crippen molar-refractivity contribution in [3.05, 3.63) is 40.9 Å². The summed E-state index contributed by atoms with van der Waals surface area (Å²) in [5.74, 6) is -0.327. The number of nitrogens with zero attached hydrogens (tertiary/aromatic N) is 2. The molecule has 2 rings (SSSR count). The van der Waals surface area contributed by atoms with Crippen molar-refractivity contribution in [1.82, 2.24) is 10.2 Å². The maximum atomic E-state index is 12.5. The highest BCUT2D eigenvalue weighted by molar-refractivity contribution is 8.15. The van der Waals surface area contributed by atoms with Crippen molar-refractivity contribution in [3.8, 4) is 0 Å². The summed E-state index contributed by atoms with van der Waals surface area (Å²) in [4.78, 5) is 30.3. The lowest BCUT2D eigenvalue weighted by molar-refractivity contribution is -0.129. The van der Waals surface area contributed by atoms with Crippen molar-refractivity contribution in [2.24, 2.45) is 4.99 Å². The molecule has 8 heteroatoms. The van der Waals surface area contributed by atoms with E-state index in [9.17, 15) is 9.59 Å². The highest BCUT2D eigenvalue weighted by atomic mass is 35.5. The first kappa shape index (κ1) is 18.8. The summed E-state index contributed by atoms with van der Waals surface area (Å²) in [7, 11) is 0. The van der Waals surface area contributed by atoms with E-state index in [2.05, 4.69) is 16.9 Å². The van der Waals surface area contributed by atoms with Crippen molar-refractivity contribution in [1.29, 1.82) is 0 Å². The van der Waals surface area contributed by atoms with Crippen molar-refractivity contribution in [3.63, 3.8) is 0 Å². The lowest BCUT2D eigenvalue weighted by Crippen LogP contribution is -2.34. The van der Waals surface area contributed by atoms with Crippen LogP contribution in [-0.4, -0.2) is 40.2 Å². The lowest BCUT2D eigenvalue weighted by Gasteiger charge is -2.14. The van der Waals surface area contributed by atoms with Gasteiger partial charge in [-0.05, 0) is 25.1 Å². The van der Waals surface area contributed by atoms with Crippen LogP contribution in [0.2, 0.25) is 10.0 Å². The molecule has 0 aliphatic carbocycles. The number of amidine groups is 1. The molecular weight excluding hydrogens is 369 g/mol. The summed E-state index contributed by atoms with van der Waals surface area (Å²) in [6.07, 6.45) is 1.72. The first-order valence-corrected chi connectivity index (χ1v) is 8.99. The van der Waals surface area contributed by atoms with Crippen molar-refractivity contribution >= 4 is 57.6 Å². The van der Waals surface area contributed by atoms with Gasteiger partial charge in [0.2, 0.25) is 11.8 Å². The molecule has 1 fully saturated rings. The zero-order valence-electron chi connectivity index (χ0n) is 13.1. The topological polar surface area (TPSA) is 61.8 Å². The Morgan fingerprint density at radius 2 is 2.25 bits per heavy atom. The molecule has 1 aliphatic rings. The van der Waals surface area contributed by atoms with Crippen LogP contribution >= 0.6 is 35.0 Å². The number of nitrogens with one attached hydrogen (secondary N) is 1. The van der Waals surface area contributed by atoms with Gasteiger partial charge < -0.3 is 5.32 Å². The van der Waals surface area contributed by atoms with Crippen LogP contribution in [0.5, 0.6) is 0 Å². The summed E-state index contributed by atoms with van der Waals surface area (Å²) in [5.41, 5.74) is 0.479. The van der Waals surface area contributed by atoms with Gasteiger partial charge in [0.1, 0.15) is 5.25 Å². The fraction of sp³-hybridized carbons (Fsp3) is 0.312. The lowest BCUT2D eigenvalue weighted by atomic mass is 10.2. The summed E-state index contributed by atoms with van der Waals surface area (Å²) >= 11 is 13.4. The molecule has 0 aromatic heterocycles. The largest absolute Gasteiger partial charge is 0.356 e. The third kappa shape index (κ3) is 4.53. The molecule has 1 N–H and O–H groups in total. The third-order valence-electron chi connectivity index (χ3n) is 3.20. The molecule has 24 heavy (non-hydrogen) atoms. The number of hydrogen-bond donors (Lipinski definition) is 1. The number of halogens is 2. The molecule has 0 spiro atoms. The van der Waals surface area contributed by atoms with Crippen LogP contribution in [0.25, 0.3) is 0 Å². The zero-order chi connectivity index (χ0) is 17.7. The van der Waals surface area contributed by atoms with Gasteiger partial charge in [-0.15, -0.1) is 6.58 Å². The number of hydrogen-bond acceptors (Lipinski definition) is 4. The minimum absolute atomic E-state index is 0.104. The third-order valence-corrected chi connectivity index (χ3v) is 4.93. The van der Waals surface area contributed by atoms with Crippen LogP contribution in [0, 0.1) is 0 Å². The van der Waals surface area contributed by atoms with E-state index in [-0.39, 0.29) is 18.2 Å². The van der Waals surface area contributed by atoms with Gasteiger partial charge in [-0.2, -0.15) is 0 Å². The molecular formula is C16H17Cl2N3O2S. The van der Waals surface area contributed by atoms with Crippen LogP contribution in [0.15, 0.2) is 35.8 Å². The van der Waals surface area contributed by atoms with E-state index in [1.54, 1.807) is 24.3 Å². The average molecular weight is 386 g/mol. The van der Waals surface area contributed by atoms with Crippen molar-refractivity contribution in [2.45, 2.75) is 18.6 Å². The number of carbonyl (C=O) groups excluding carboxylic acids is 2. The number of carbonyl (C=O) groups is 2. The molecule has 128 valence electrons. The molecule has 5 nitrogen and oxygen atoms in total.